The molecule has 0 amide bonds. The molecule has 0 atom stereocenters. The van der Waals surface area contributed by atoms with E-state index >= 15 is 0 Å². The molecule has 0 aliphatic rings. The Hall–Kier alpha value is -3.02. The van der Waals surface area contributed by atoms with Crippen molar-refractivity contribution >= 4 is 29.2 Å². The summed E-state index contributed by atoms with van der Waals surface area (Å²) in [5, 5.41) is 37.1. The Labute approximate surface area is 137 Å². The van der Waals surface area contributed by atoms with E-state index in [-0.39, 0.29) is 22.4 Å². The fraction of sp³-hybridized carbons (Fsp3) is 0.0625. The standard InChI is InChI=1S/C16H12BFN4O2/c1-8-12-4-9(2-3-11(12)16(20)22-21-8)13-5-10(17(23)24)6-15(18)14(13)7-19/h2-6,23-24H,1H3,(H2,20,22). The molecule has 0 saturated heterocycles. The molecule has 8 heteroatoms. The Balaban J connectivity index is 2.31. The number of hydrogen-bond donors (Lipinski definition) is 3. The fourth-order valence-electron chi connectivity index (χ4n) is 2.59. The highest BCUT2D eigenvalue weighted by molar-refractivity contribution is 6.58. The summed E-state index contributed by atoms with van der Waals surface area (Å²) >= 11 is 0. The lowest BCUT2D eigenvalue weighted by molar-refractivity contribution is 0.425. The van der Waals surface area contributed by atoms with Crippen LogP contribution in [-0.4, -0.2) is 27.4 Å². The number of nitrogen functional groups attached to an aromatic ring is 1. The van der Waals surface area contributed by atoms with E-state index in [1.54, 1.807) is 25.1 Å². The van der Waals surface area contributed by atoms with Crippen LogP contribution in [0.4, 0.5) is 10.2 Å². The first-order valence-corrected chi connectivity index (χ1v) is 7.05. The summed E-state index contributed by atoms with van der Waals surface area (Å²) in [7, 11) is -1.84. The molecule has 0 radical (unpaired) electrons. The normalized spacial score (nSPS) is 10.6. The third kappa shape index (κ3) is 2.56. The molecule has 6 nitrogen and oxygen atoms in total. The second kappa shape index (κ2) is 5.89. The maximum atomic E-state index is 14.1. The van der Waals surface area contributed by atoms with Crippen molar-refractivity contribution in [3.63, 3.8) is 0 Å². The molecule has 0 aliphatic heterocycles. The SMILES string of the molecule is Cc1nnc(N)c2ccc(-c3cc(B(O)O)cc(F)c3C#N)cc12. The molecule has 0 spiro atoms. The molecule has 3 rings (SSSR count). The van der Waals surface area contributed by atoms with E-state index in [4.69, 9.17) is 5.73 Å². The molecule has 1 heterocycles. The third-order valence-electron chi connectivity index (χ3n) is 3.83. The highest BCUT2D eigenvalue weighted by Crippen LogP contribution is 2.30. The molecule has 1 aromatic heterocycles. The maximum absolute atomic E-state index is 14.1. The highest BCUT2D eigenvalue weighted by Gasteiger charge is 2.19. The van der Waals surface area contributed by atoms with Crippen LogP contribution in [0.25, 0.3) is 21.9 Å². The number of aromatic nitrogens is 2. The van der Waals surface area contributed by atoms with E-state index in [1.807, 2.05) is 6.07 Å². The van der Waals surface area contributed by atoms with Crippen LogP contribution in [0.1, 0.15) is 11.3 Å². The number of nitrogens with two attached hydrogens (primary N) is 1. The lowest BCUT2D eigenvalue weighted by Crippen LogP contribution is -2.30. The van der Waals surface area contributed by atoms with Gasteiger partial charge in [0.05, 0.1) is 11.3 Å². The topological polar surface area (TPSA) is 116 Å². The van der Waals surface area contributed by atoms with Crippen molar-refractivity contribution < 1.29 is 14.4 Å². The number of halogens is 1. The monoisotopic (exact) mass is 322 g/mol. The van der Waals surface area contributed by atoms with E-state index in [1.165, 1.54) is 6.07 Å². The van der Waals surface area contributed by atoms with Crippen molar-refractivity contribution in [2.75, 3.05) is 5.73 Å². The summed E-state index contributed by atoms with van der Waals surface area (Å²) in [5.41, 5.74) is 7.03. The summed E-state index contributed by atoms with van der Waals surface area (Å²) in [6.07, 6.45) is 0. The van der Waals surface area contributed by atoms with Crippen molar-refractivity contribution in [1.82, 2.24) is 10.2 Å². The first kappa shape index (κ1) is 15.9. The molecular weight excluding hydrogens is 310 g/mol. The van der Waals surface area contributed by atoms with Crippen molar-refractivity contribution in [2.45, 2.75) is 6.92 Å². The molecule has 24 heavy (non-hydrogen) atoms. The highest BCUT2D eigenvalue weighted by atomic mass is 19.1. The van der Waals surface area contributed by atoms with Gasteiger partial charge in [-0.2, -0.15) is 10.4 Å². The Bertz CT molecular complexity index is 1000. The quantitative estimate of drug-likeness (QED) is 0.603. The number of rotatable bonds is 2. The molecule has 3 aromatic rings. The maximum Gasteiger partial charge on any atom is 0.488 e. The van der Waals surface area contributed by atoms with Gasteiger partial charge in [-0.25, -0.2) is 4.39 Å². The second-order valence-electron chi connectivity index (χ2n) is 5.34. The van der Waals surface area contributed by atoms with Crippen molar-refractivity contribution in [2.24, 2.45) is 0 Å². The largest absolute Gasteiger partial charge is 0.488 e. The van der Waals surface area contributed by atoms with Crippen LogP contribution >= 0.6 is 0 Å². The van der Waals surface area contributed by atoms with Gasteiger partial charge in [0.1, 0.15) is 11.9 Å². The first-order chi connectivity index (χ1) is 11.4. The fourth-order valence-corrected chi connectivity index (χ4v) is 2.59. The minimum atomic E-state index is -1.84. The zero-order valence-electron chi connectivity index (χ0n) is 12.7. The number of fused-ring (bicyclic) bond motifs is 1. The second-order valence-corrected chi connectivity index (χ2v) is 5.34. The van der Waals surface area contributed by atoms with Gasteiger partial charge < -0.3 is 15.8 Å². The summed E-state index contributed by atoms with van der Waals surface area (Å²) in [5.74, 6) is -0.546. The number of hydrogen-bond acceptors (Lipinski definition) is 6. The van der Waals surface area contributed by atoms with Crippen LogP contribution in [0.5, 0.6) is 0 Å². The number of nitrogens with zero attached hydrogens (tertiary/aromatic N) is 3. The summed E-state index contributed by atoms with van der Waals surface area (Å²) in [6.45, 7) is 1.76. The average Bonchev–Trinajstić information content (AvgIpc) is 2.57. The summed E-state index contributed by atoms with van der Waals surface area (Å²) in [4.78, 5) is 0. The van der Waals surface area contributed by atoms with E-state index in [0.29, 0.717) is 16.6 Å². The van der Waals surface area contributed by atoms with Gasteiger partial charge in [-0.1, -0.05) is 12.1 Å². The summed E-state index contributed by atoms with van der Waals surface area (Å²) in [6, 6.07) is 9.22. The van der Waals surface area contributed by atoms with Crippen LogP contribution < -0.4 is 11.2 Å². The van der Waals surface area contributed by atoms with Crippen LogP contribution in [-0.2, 0) is 0 Å². The Morgan fingerprint density at radius 1 is 1.17 bits per heavy atom. The van der Waals surface area contributed by atoms with Gasteiger partial charge in [0.25, 0.3) is 0 Å². The van der Waals surface area contributed by atoms with Gasteiger partial charge in [0.2, 0.25) is 0 Å². The van der Waals surface area contributed by atoms with Crippen molar-refractivity contribution in [3.8, 4) is 17.2 Å². The molecule has 2 aromatic carbocycles. The van der Waals surface area contributed by atoms with Crippen LogP contribution in [0.3, 0.4) is 0 Å². The van der Waals surface area contributed by atoms with E-state index < -0.39 is 12.9 Å². The molecule has 0 unspecified atom stereocenters. The van der Waals surface area contributed by atoms with Crippen LogP contribution in [0.2, 0.25) is 0 Å². The van der Waals surface area contributed by atoms with Gasteiger partial charge in [-0.3, -0.25) is 0 Å². The lowest BCUT2D eigenvalue weighted by Gasteiger charge is -2.11. The van der Waals surface area contributed by atoms with Gasteiger partial charge in [-0.05, 0) is 36.1 Å². The zero-order chi connectivity index (χ0) is 17.4. The lowest BCUT2D eigenvalue weighted by atomic mass is 9.78. The minimum Gasteiger partial charge on any atom is -0.423 e. The summed E-state index contributed by atoms with van der Waals surface area (Å²) < 4.78 is 14.1. The van der Waals surface area contributed by atoms with E-state index in [9.17, 15) is 19.7 Å². The van der Waals surface area contributed by atoms with Gasteiger partial charge in [0.15, 0.2) is 5.82 Å². The van der Waals surface area contributed by atoms with Crippen LogP contribution in [0, 0.1) is 24.1 Å². The van der Waals surface area contributed by atoms with Crippen molar-refractivity contribution in [3.05, 3.63) is 47.4 Å². The van der Waals surface area contributed by atoms with Gasteiger partial charge >= 0.3 is 7.12 Å². The minimum absolute atomic E-state index is 0.0364. The molecule has 118 valence electrons. The average molecular weight is 322 g/mol. The Kier molecular flexibility index (Phi) is 3.89. The third-order valence-corrected chi connectivity index (χ3v) is 3.83. The van der Waals surface area contributed by atoms with E-state index in [0.717, 1.165) is 11.5 Å². The number of benzene rings is 2. The Morgan fingerprint density at radius 2 is 1.92 bits per heavy atom. The zero-order valence-corrected chi connectivity index (χ0v) is 12.7. The Morgan fingerprint density at radius 3 is 2.58 bits per heavy atom. The van der Waals surface area contributed by atoms with Gasteiger partial charge in [0, 0.05) is 16.3 Å². The number of aryl methyl sites for hydroxylation is 1. The number of nitriles is 1. The molecule has 4 N–H and O–H groups in total. The predicted octanol–water partition coefficient (Wildman–Crippen LogP) is 0.878. The van der Waals surface area contributed by atoms with Crippen LogP contribution in [0.15, 0.2) is 30.3 Å². The smallest absolute Gasteiger partial charge is 0.423 e. The molecule has 0 saturated carbocycles. The molecule has 0 bridgehead atoms. The van der Waals surface area contributed by atoms with E-state index in [2.05, 4.69) is 10.2 Å². The first-order valence-electron chi connectivity index (χ1n) is 7.05. The number of anilines is 1. The predicted molar refractivity (Wildman–Crippen MR) is 88.6 cm³/mol. The molecule has 0 fully saturated rings. The van der Waals surface area contributed by atoms with Crippen molar-refractivity contribution in [1.29, 1.82) is 5.26 Å². The molecule has 0 aliphatic carbocycles. The molecular formula is C16H12BFN4O2. The van der Waals surface area contributed by atoms with Gasteiger partial charge in [-0.15, -0.1) is 5.10 Å².